The van der Waals surface area contributed by atoms with E-state index in [2.05, 4.69) is 10.4 Å². The average molecular weight is 222 g/mol. The first-order chi connectivity index (χ1) is 7.66. The Morgan fingerprint density at radius 1 is 1.69 bits per heavy atom. The Bertz CT molecular complexity index is 370. The predicted molar refractivity (Wildman–Crippen MR) is 62.2 cm³/mol. The van der Waals surface area contributed by atoms with Crippen molar-refractivity contribution in [3.05, 3.63) is 12.4 Å². The Balaban J connectivity index is 1.78. The standard InChI is InChI=1S/C11H18N4O/c1-14-8-10(6-13-14)15(2)11(16)7-12-5-9-3-4-9/h6,8-9,12H,3-5,7H2,1-2H3. The quantitative estimate of drug-likeness (QED) is 0.783. The third kappa shape index (κ3) is 2.82. The third-order valence-electron chi connectivity index (χ3n) is 2.86. The summed E-state index contributed by atoms with van der Waals surface area (Å²) in [5.41, 5.74) is 0.834. The molecule has 1 aliphatic carbocycles. The van der Waals surface area contributed by atoms with E-state index in [0.717, 1.165) is 18.2 Å². The van der Waals surface area contributed by atoms with Crippen LogP contribution < -0.4 is 10.2 Å². The van der Waals surface area contributed by atoms with E-state index in [4.69, 9.17) is 0 Å². The van der Waals surface area contributed by atoms with Crippen LogP contribution in [0.5, 0.6) is 0 Å². The van der Waals surface area contributed by atoms with Gasteiger partial charge in [-0.25, -0.2) is 0 Å². The number of hydrogen-bond acceptors (Lipinski definition) is 3. The Labute approximate surface area is 95.4 Å². The SMILES string of the molecule is CN(C(=O)CNCC1CC1)c1cnn(C)c1. The largest absolute Gasteiger partial charge is 0.312 e. The van der Waals surface area contributed by atoms with Gasteiger partial charge >= 0.3 is 0 Å². The second-order valence-electron chi connectivity index (χ2n) is 4.40. The van der Waals surface area contributed by atoms with Crippen molar-refractivity contribution in [3.63, 3.8) is 0 Å². The van der Waals surface area contributed by atoms with Crippen molar-refractivity contribution in [2.75, 3.05) is 25.0 Å². The van der Waals surface area contributed by atoms with Gasteiger partial charge in [-0.3, -0.25) is 9.48 Å². The molecular formula is C11H18N4O. The number of rotatable bonds is 5. The first-order valence-electron chi connectivity index (χ1n) is 5.62. The monoisotopic (exact) mass is 222 g/mol. The number of nitrogens with zero attached hydrogens (tertiary/aromatic N) is 3. The molecule has 1 fully saturated rings. The van der Waals surface area contributed by atoms with E-state index in [-0.39, 0.29) is 5.91 Å². The molecule has 0 spiro atoms. The van der Waals surface area contributed by atoms with Crippen molar-refractivity contribution in [1.29, 1.82) is 0 Å². The number of likely N-dealkylation sites (N-methyl/N-ethyl adjacent to an activating group) is 1. The molecule has 0 atom stereocenters. The van der Waals surface area contributed by atoms with Gasteiger partial charge in [-0.05, 0) is 25.3 Å². The molecule has 0 saturated heterocycles. The summed E-state index contributed by atoms with van der Waals surface area (Å²) >= 11 is 0. The van der Waals surface area contributed by atoms with Gasteiger partial charge in [0.2, 0.25) is 5.91 Å². The number of amides is 1. The van der Waals surface area contributed by atoms with Crippen LogP contribution in [0.1, 0.15) is 12.8 Å². The van der Waals surface area contributed by atoms with Crippen LogP contribution in [-0.2, 0) is 11.8 Å². The summed E-state index contributed by atoms with van der Waals surface area (Å²) in [6.07, 6.45) is 6.14. The summed E-state index contributed by atoms with van der Waals surface area (Å²) in [6.45, 7) is 1.37. The third-order valence-corrected chi connectivity index (χ3v) is 2.86. The van der Waals surface area contributed by atoms with Crippen LogP contribution in [0.2, 0.25) is 0 Å². The molecule has 1 aromatic heterocycles. The normalized spacial score (nSPS) is 15.1. The molecule has 0 aromatic carbocycles. The lowest BCUT2D eigenvalue weighted by atomic mass is 10.4. The number of nitrogens with one attached hydrogen (secondary N) is 1. The van der Waals surface area contributed by atoms with E-state index in [1.54, 1.807) is 22.8 Å². The summed E-state index contributed by atoms with van der Waals surface area (Å²) < 4.78 is 1.69. The highest BCUT2D eigenvalue weighted by molar-refractivity contribution is 5.93. The molecule has 1 aliphatic rings. The van der Waals surface area contributed by atoms with Crippen LogP contribution in [0.25, 0.3) is 0 Å². The molecule has 88 valence electrons. The number of aryl methyl sites for hydroxylation is 1. The van der Waals surface area contributed by atoms with Crippen LogP contribution in [0.4, 0.5) is 5.69 Å². The predicted octanol–water partition coefficient (Wildman–Crippen LogP) is 0.382. The topological polar surface area (TPSA) is 50.2 Å². The lowest BCUT2D eigenvalue weighted by molar-refractivity contribution is -0.117. The first-order valence-corrected chi connectivity index (χ1v) is 5.62. The van der Waals surface area contributed by atoms with Gasteiger partial charge in [-0.15, -0.1) is 0 Å². The molecule has 5 nitrogen and oxygen atoms in total. The Morgan fingerprint density at radius 3 is 3.00 bits per heavy atom. The van der Waals surface area contributed by atoms with Crippen LogP contribution in [0, 0.1) is 5.92 Å². The highest BCUT2D eigenvalue weighted by Crippen LogP contribution is 2.27. The number of aromatic nitrogens is 2. The fraction of sp³-hybridized carbons (Fsp3) is 0.636. The van der Waals surface area contributed by atoms with Gasteiger partial charge in [0, 0.05) is 20.3 Å². The van der Waals surface area contributed by atoms with Gasteiger partial charge in [0.25, 0.3) is 0 Å². The van der Waals surface area contributed by atoms with Crippen molar-refractivity contribution in [2.24, 2.45) is 13.0 Å². The highest BCUT2D eigenvalue weighted by Gasteiger charge is 2.21. The first kappa shape index (κ1) is 11.1. The average Bonchev–Trinajstić information content (AvgIpc) is 2.98. The number of carbonyl (C=O) groups excluding carboxylic acids is 1. The molecule has 0 unspecified atom stereocenters. The Hall–Kier alpha value is -1.36. The van der Waals surface area contributed by atoms with Gasteiger partial charge in [0.05, 0.1) is 18.4 Å². The van der Waals surface area contributed by atoms with Crippen LogP contribution in [0.3, 0.4) is 0 Å². The maximum atomic E-state index is 11.8. The Morgan fingerprint density at radius 2 is 2.44 bits per heavy atom. The van der Waals surface area contributed by atoms with Gasteiger partial charge in [0.15, 0.2) is 0 Å². The number of carbonyl (C=O) groups is 1. The molecule has 5 heteroatoms. The molecule has 1 heterocycles. The molecule has 2 rings (SSSR count). The fourth-order valence-electron chi connectivity index (χ4n) is 1.55. The summed E-state index contributed by atoms with van der Waals surface area (Å²) in [5, 5.41) is 7.23. The maximum absolute atomic E-state index is 11.8. The number of hydrogen-bond donors (Lipinski definition) is 1. The molecule has 1 aromatic rings. The molecule has 1 N–H and O–H groups in total. The van der Waals surface area contributed by atoms with Crippen LogP contribution >= 0.6 is 0 Å². The van der Waals surface area contributed by atoms with Crippen molar-refractivity contribution in [2.45, 2.75) is 12.8 Å². The van der Waals surface area contributed by atoms with E-state index in [0.29, 0.717) is 6.54 Å². The van der Waals surface area contributed by atoms with Gasteiger partial charge in [-0.1, -0.05) is 0 Å². The van der Waals surface area contributed by atoms with Gasteiger partial charge in [-0.2, -0.15) is 5.10 Å². The van der Waals surface area contributed by atoms with Gasteiger partial charge < -0.3 is 10.2 Å². The molecule has 1 amide bonds. The summed E-state index contributed by atoms with van der Waals surface area (Å²) in [5.74, 6) is 0.880. The van der Waals surface area contributed by atoms with E-state index in [1.165, 1.54) is 12.8 Å². The summed E-state index contributed by atoms with van der Waals surface area (Å²) in [4.78, 5) is 13.4. The van der Waals surface area contributed by atoms with Crippen molar-refractivity contribution in [1.82, 2.24) is 15.1 Å². The van der Waals surface area contributed by atoms with Gasteiger partial charge in [0.1, 0.15) is 0 Å². The lowest BCUT2D eigenvalue weighted by Gasteiger charge is -2.15. The highest BCUT2D eigenvalue weighted by atomic mass is 16.2. The molecule has 0 bridgehead atoms. The minimum Gasteiger partial charge on any atom is -0.312 e. The molecular weight excluding hydrogens is 204 g/mol. The molecule has 0 radical (unpaired) electrons. The molecule has 1 saturated carbocycles. The van der Waals surface area contributed by atoms with Crippen molar-refractivity contribution >= 4 is 11.6 Å². The van der Waals surface area contributed by atoms with E-state index >= 15 is 0 Å². The van der Waals surface area contributed by atoms with Crippen LogP contribution in [0.15, 0.2) is 12.4 Å². The second-order valence-corrected chi connectivity index (χ2v) is 4.40. The number of anilines is 1. The zero-order chi connectivity index (χ0) is 11.5. The summed E-state index contributed by atoms with van der Waals surface area (Å²) in [7, 11) is 3.62. The van der Waals surface area contributed by atoms with Crippen molar-refractivity contribution in [3.8, 4) is 0 Å². The fourth-order valence-corrected chi connectivity index (χ4v) is 1.55. The zero-order valence-electron chi connectivity index (χ0n) is 9.81. The zero-order valence-corrected chi connectivity index (χ0v) is 9.81. The second kappa shape index (κ2) is 4.65. The minimum atomic E-state index is 0.0775. The summed E-state index contributed by atoms with van der Waals surface area (Å²) in [6, 6.07) is 0. The Kier molecular flexibility index (Phi) is 3.24. The lowest BCUT2D eigenvalue weighted by Crippen LogP contribution is -2.36. The van der Waals surface area contributed by atoms with Crippen molar-refractivity contribution < 1.29 is 4.79 Å². The van der Waals surface area contributed by atoms with E-state index in [1.807, 2.05) is 13.2 Å². The van der Waals surface area contributed by atoms with E-state index in [9.17, 15) is 4.79 Å². The molecule has 0 aliphatic heterocycles. The molecule has 16 heavy (non-hydrogen) atoms. The van der Waals surface area contributed by atoms with Crippen LogP contribution in [-0.4, -0.2) is 35.8 Å². The maximum Gasteiger partial charge on any atom is 0.240 e. The van der Waals surface area contributed by atoms with E-state index < -0.39 is 0 Å². The minimum absolute atomic E-state index is 0.0775. The smallest absolute Gasteiger partial charge is 0.240 e.